The number of hydrogen-bond donors (Lipinski definition) is 2. The number of rotatable bonds is 6. The number of halogens is 3. The van der Waals surface area contributed by atoms with E-state index in [9.17, 15) is 18.3 Å². The van der Waals surface area contributed by atoms with Crippen LogP contribution in [0.4, 0.5) is 24.8 Å². The number of aromatic nitrogens is 4. The number of aliphatic hydroxyl groups is 1. The Labute approximate surface area is 161 Å². The summed E-state index contributed by atoms with van der Waals surface area (Å²) < 4.78 is 42.0. The van der Waals surface area contributed by atoms with Crippen molar-refractivity contribution in [3.63, 3.8) is 0 Å². The Hall–Kier alpha value is -2.40. The predicted molar refractivity (Wildman–Crippen MR) is 98.1 cm³/mol. The monoisotopic (exact) mass is 399 g/mol. The minimum Gasteiger partial charge on any atom is -0.391 e. The van der Waals surface area contributed by atoms with Gasteiger partial charge in [0.2, 0.25) is 0 Å². The number of alkyl halides is 3. The molecule has 154 valence electrons. The molecule has 0 spiro atoms. The van der Waals surface area contributed by atoms with Crippen molar-refractivity contribution in [3.05, 3.63) is 30.4 Å². The van der Waals surface area contributed by atoms with Gasteiger partial charge in [-0.1, -0.05) is 0 Å². The van der Waals surface area contributed by atoms with E-state index in [4.69, 9.17) is 0 Å². The Morgan fingerprint density at radius 1 is 1.36 bits per heavy atom. The van der Waals surface area contributed by atoms with Gasteiger partial charge in [0.15, 0.2) is 0 Å². The third kappa shape index (κ3) is 4.53. The van der Waals surface area contributed by atoms with E-state index in [1.165, 1.54) is 23.4 Å². The average molecular weight is 399 g/mol. The minimum absolute atomic E-state index is 0.0391. The highest BCUT2D eigenvalue weighted by Crippen LogP contribution is 2.33. The maximum atomic E-state index is 13.5. The van der Waals surface area contributed by atoms with Crippen molar-refractivity contribution in [2.75, 3.05) is 37.0 Å². The van der Waals surface area contributed by atoms with Crippen molar-refractivity contribution < 1.29 is 18.3 Å². The van der Waals surface area contributed by atoms with Gasteiger partial charge >= 0.3 is 6.18 Å². The van der Waals surface area contributed by atoms with Gasteiger partial charge in [0, 0.05) is 58.1 Å². The van der Waals surface area contributed by atoms with E-state index >= 15 is 0 Å². The Morgan fingerprint density at radius 3 is 2.71 bits per heavy atom. The topological polar surface area (TPSA) is 82.3 Å². The van der Waals surface area contributed by atoms with Crippen LogP contribution in [0.1, 0.15) is 18.0 Å². The first-order valence-electron chi connectivity index (χ1n) is 8.88. The molecule has 2 aromatic heterocycles. The van der Waals surface area contributed by atoms with Crippen LogP contribution in [0.5, 0.6) is 0 Å². The molecule has 28 heavy (non-hydrogen) atoms. The fraction of sp³-hybridized carbons (Fsp3) is 0.588. The second-order valence-corrected chi connectivity index (χ2v) is 7.15. The average Bonchev–Trinajstić information content (AvgIpc) is 3.20. The van der Waals surface area contributed by atoms with Gasteiger partial charge < -0.3 is 20.2 Å². The summed E-state index contributed by atoms with van der Waals surface area (Å²) in [6.07, 6.45) is -0.773. The molecular formula is C17H24F3N7O. The zero-order chi connectivity index (χ0) is 20.5. The summed E-state index contributed by atoms with van der Waals surface area (Å²) in [7, 11) is 5.25. The standard InChI is InChI=1S/C17H24F3N7O/c1-25(2)14-5-15(23-10-22-14)27-9-13(28)4-12(27)7-21-16(17(18,19)20)11-6-24-26(3)8-11/h5-6,8,10,12-13,16,21,28H,4,7,9H2,1-3H3/t12-,13-,16?/m1/s1. The number of nitrogens with one attached hydrogen (secondary N) is 1. The first kappa shape index (κ1) is 20.3. The van der Waals surface area contributed by atoms with Crippen molar-refractivity contribution >= 4 is 11.6 Å². The number of aliphatic hydroxyl groups excluding tert-OH is 1. The summed E-state index contributed by atoms with van der Waals surface area (Å²) in [6, 6.07) is -0.405. The molecule has 11 heteroatoms. The smallest absolute Gasteiger partial charge is 0.391 e. The molecule has 8 nitrogen and oxygen atoms in total. The van der Waals surface area contributed by atoms with Crippen molar-refractivity contribution in [1.29, 1.82) is 0 Å². The maximum Gasteiger partial charge on any atom is 0.408 e. The van der Waals surface area contributed by atoms with Crippen LogP contribution >= 0.6 is 0 Å². The molecule has 0 aliphatic carbocycles. The van der Waals surface area contributed by atoms with Crippen molar-refractivity contribution in [3.8, 4) is 0 Å². The van der Waals surface area contributed by atoms with Gasteiger partial charge in [-0.15, -0.1) is 0 Å². The quantitative estimate of drug-likeness (QED) is 0.753. The maximum absolute atomic E-state index is 13.5. The van der Waals surface area contributed by atoms with Gasteiger partial charge in [0.1, 0.15) is 24.0 Å². The molecule has 1 aliphatic heterocycles. The summed E-state index contributed by atoms with van der Waals surface area (Å²) in [5, 5.41) is 16.5. The van der Waals surface area contributed by atoms with Gasteiger partial charge in [-0.3, -0.25) is 4.68 Å². The first-order chi connectivity index (χ1) is 13.1. The van der Waals surface area contributed by atoms with Crippen LogP contribution in [0.15, 0.2) is 24.8 Å². The van der Waals surface area contributed by atoms with E-state index in [2.05, 4.69) is 20.4 Å². The van der Waals surface area contributed by atoms with E-state index < -0.39 is 18.3 Å². The summed E-state index contributed by atoms with van der Waals surface area (Å²) in [5.74, 6) is 1.26. The van der Waals surface area contributed by atoms with Crippen molar-refractivity contribution in [2.45, 2.75) is 30.8 Å². The molecule has 1 unspecified atom stereocenters. The van der Waals surface area contributed by atoms with Crippen molar-refractivity contribution in [1.82, 2.24) is 25.1 Å². The van der Waals surface area contributed by atoms with E-state index in [1.807, 2.05) is 23.9 Å². The molecule has 0 amide bonds. The Morgan fingerprint density at radius 2 is 2.11 bits per heavy atom. The van der Waals surface area contributed by atoms with Gasteiger partial charge in [0.25, 0.3) is 0 Å². The lowest BCUT2D eigenvalue weighted by atomic mass is 10.1. The van der Waals surface area contributed by atoms with E-state index in [1.54, 1.807) is 13.1 Å². The number of hydrogen-bond acceptors (Lipinski definition) is 7. The van der Waals surface area contributed by atoms with Crippen LogP contribution in [0.3, 0.4) is 0 Å². The van der Waals surface area contributed by atoms with Gasteiger partial charge in [-0.25, -0.2) is 9.97 Å². The van der Waals surface area contributed by atoms with Crippen LogP contribution in [-0.2, 0) is 7.05 Å². The predicted octanol–water partition coefficient (Wildman–Crippen LogP) is 1.11. The zero-order valence-electron chi connectivity index (χ0n) is 15.9. The van der Waals surface area contributed by atoms with E-state index in [-0.39, 0.29) is 18.2 Å². The SMILES string of the molecule is CN(C)c1cc(N2C[C@H](O)C[C@@H]2CNC(c2cnn(C)c2)C(F)(F)F)ncn1. The highest BCUT2D eigenvalue weighted by molar-refractivity contribution is 5.51. The lowest BCUT2D eigenvalue weighted by molar-refractivity contribution is -0.157. The summed E-state index contributed by atoms with van der Waals surface area (Å²) in [6.45, 7) is 0.344. The Kier molecular flexibility index (Phi) is 5.75. The van der Waals surface area contributed by atoms with Gasteiger partial charge in [-0.2, -0.15) is 18.3 Å². The number of nitrogens with zero attached hydrogens (tertiary/aromatic N) is 6. The molecular weight excluding hydrogens is 375 g/mol. The molecule has 1 saturated heterocycles. The number of aryl methyl sites for hydroxylation is 1. The Balaban J connectivity index is 1.76. The molecule has 2 aromatic rings. The van der Waals surface area contributed by atoms with Gasteiger partial charge in [0.05, 0.1) is 12.3 Å². The summed E-state index contributed by atoms with van der Waals surface area (Å²) in [5.41, 5.74) is 0.0528. The fourth-order valence-corrected chi connectivity index (χ4v) is 3.37. The summed E-state index contributed by atoms with van der Waals surface area (Å²) in [4.78, 5) is 12.0. The van der Waals surface area contributed by atoms with E-state index in [0.717, 1.165) is 0 Å². The zero-order valence-corrected chi connectivity index (χ0v) is 15.9. The molecule has 2 N–H and O–H groups in total. The molecule has 1 aliphatic rings. The molecule has 0 aromatic carbocycles. The van der Waals surface area contributed by atoms with Crippen molar-refractivity contribution in [2.24, 2.45) is 7.05 Å². The van der Waals surface area contributed by atoms with Crippen LogP contribution in [0, 0.1) is 0 Å². The number of β-amino-alcohol motifs (C(OH)–C–C–N with tert-alkyl or cyclic N) is 1. The third-order valence-corrected chi connectivity index (χ3v) is 4.73. The lowest BCUT2D eigenvalue weighted by Crippen LogP contribution is -2.43. The highest BCUT2D eigenvalue weighted by Gasteiger charge is 2.42. The minimum atomic E-state index is -4.46. The second-order valence-electron chi connectivity index (χ2n) is 7.15. The van der Waals surface area contributed by atoms with Crippen LogP contribution in [-0.4, -0.2) is 70.4 Å². The number of anilines is 2. The van der Waals surface area contributed by atoms with Crippen LogP contribution in [0.25, 0.3) is 0 Å². The molecule has 3 heterocycles. The Bertz CT molecular complexity index is 795. The molecule has 0 saturated carbocycles. The second kappa shape index (κ2) is 7.92. The molecule has 0 bridgehead atoms. The molecule has 0 radical (unpaired) electrons. The lowest BCUT2D eigenvalue weighted by Gasteiger charge is -2.28. The largest absolute Gasteiger partial charge is 0.408 e. The molecule has 3 rings (SSSR count). The van der Waals surface area contributed by atoms with Crippen LogP contribution in [0.2, 0.25) is 0 Å². The normalized spacial score (nSPS) is 21.2. The molecule has 3 atom stereocenters. The fourth-order valence-electron chi connectivity index (χ4n) is 3.37. The third-order valence-electron chi connectivity index (χ3n) is 4.73. The van der Waals surface area contributed by atoms with Crippen LogP contribution < -0.4 is 15.1 Å². The molecule has 1 fully saturated rings. The summed E-state index contributed by atoms with van der Waals surface area (Å²) >= 11 is 0. The highest BCUT2D eigenvalue weighted by atomic mass is 19.4. The van der Waals surface area contributed by atoms with E-state index in [0.29, 0.717) is 24.6 Å². The first-order valence-corrected chi connectivity index (χ1v) is 8.88. The van der Waals surface area contributed by atoms with Gasteiger partial charge in [-0.05, 0) is 6.42 Å².